The van der Waals surface area contributed by atoms with Crippen LogP contribution in [0.5, 0.6) is 11.5 Å². The molecular formula is C61H39N5O. The third-order valence-electron chi connectivity index (χ3n) is 12.8. The SMILES string of the molecule is c1ccc(-c2ccc(-c3nc(-c4ccccc4)nc(-c4cccc(-n5c6ccc7ccccc7c6c6cccc(-c7ccc8c(c7)N(c7ccccc7)c7ccccc7O8)c65)c4)n3)cc2)cc1. The van der Waals surface area contributed by atoms with Crippen LogP contribution < -0.4 is 9.64 Å². The number of hydrogen-bond acceptors (Lipinski definition) is 5. The highest BCUT2D eigenvalue weighted by atomic mass is 16.5. The molecular weight excluding hydrogens is 819 g/mol. The van der Waals surface area contributed by atoms with Gasteiger partial charge in [-0.05, 0) is 82.1 Å². The number of hydrogen-bond donors (Lipinski definition) is 0. The summed E-state index contributed by atoms with van der Waals surface area (Å²) in [7, 11) is 0. The highest BCUT2D eigenvalue weighted by Crippen LogP contribution is 2.52. The molecule has 0 aliphatic carbocycles. The van der Waals surface area contributed by atoms with Gasteiger partial charge in [-0.25, -0.2) is 15.0 Å². The number of benzene rings is 10. The normalized spacial score (nSPS) is 12.0. The monoisotopic (exact) mass is 857 g/mol. The van der Waals surface area contributed by atoms with Crippen LogP contribution in [0.15, 0.2) is 237 Å². The zero-order chi connectivity index (χ0) is 44.3. The molecule has 1 aliphatic rings. The lowest BCUT2D eigenvalue weighted by molar-refractivity contribution is 0.477. The van der Waals surface area contributed by atoms with Gasteiger partial charge in [-0.3, -0.25) is 0 Å². The van der Waals surface area contributed by atoms with Gasteiger partial charge in [0.1, 0.15) is 0 Å². The fourth-order valence-corrected chi connectivity index (χ4v) is 9.69. The van der Waals surface area contributed by atoms with E-state index in [1.807, 2.05) is 48.5 Å². The van der Waals surface area contributed by atoms with Crippen LogP contribution in [0.2, 0.25) is 0 Å². The van der Waals surface area contributed by atoms with Crippen molar-refractivity contribution in [2.45, 2.75) is 0 Å². The van der Waals surface area contributed by atoms with E-state index in [2.05, 4.69) is 198 Å². The maximum Gasteiger partial charge on any atom is 0.164 e. The van der Waals surface area contributed by atoms with Crippen molar-refractivity contribution < 1.29 is 4.74 Å². The quantitative estimate of drug-likeness (QED) is 0.160. The minimum absolute atomic E-state index is 0.597. The van der Waals surface area contributed by atoms with E-state index in [1.54, 1.807) is 0 Å². The Morgan fingerprint density at radius 2 is 0.896 bits per heavy atom. The molecule has 6 heteroatoms. The Kier molecular flexibility index (Phi) is 9.06. The molecule has 0 unspecified atom stereocenters. The Bertz CT molecular complexity index is 3830. The van der Waals surface area contributed by atoms with Crippen molar-refractivity contribution in [1.82, 2.24) is 19.5 Å². The van der Waals surface area contributed by atoms with Crippen molar-refractivity contribution >= 4 is 49.6 Å². The molecule has 6 nitrogen and oxygen atoms in total. The molecule has 0 fully saturated rings. The van der Waals surface area contributed by atoms with Crippen molar-refractivity contribution in [1.29, 1.82) is 0 Å². The maximum absolute atomic E-state index is 6.59. The summed E-state index contributed by atoms with van der Waals surface area (Å²) in [4.78, 5) is 17.7. The molecule has 10 aromatic carbocycles. The second-order valence-electron chi connectivity index (χ2n) is 16.8. The van der Waals surface area contributed by atoms with Gasteiger partial charge in [0.25, 0.3) is 0 Å². The Morgan fingerprint density at radius 1 is 0.343 bits per heavy atom. The van der Waals surface area contributed by atoms with E-state index < -0.39 is 0 Å². The molecule has 3 heterocycles. The van der Waals surface area contributed by atoms with E-state index in [9.17, 15) is 0 Å². The number of ether oxygens (including phenoxy) is 1. The first-order valence-electron chi connectivity index (χ1n) is 22.5. The van der Waals surface area contributed by atoms with Crippen LogP contribution in [-0.2, 0) is 0 Å². The summed E-state index contributed by atoms with van der Waals surface area (Å²) in [6.07, 6.45) is 0. The van der Waals surface area contributed by atoms with Gasteiger partial charge >= 0.3 is 0 Å². The highest BCUT2D eigenvalue weighted by Gasteiger charge is 2.27. The first-order chi connectivity index (χ1) is 33.2. The predicted octanol–water partition coefficient (Wildman–Crippen LogP) is 16.0. The van der Waals surface area contributed by atoms with Gasteiger partial charge in [-0.2, -0.15) is 0 Å². The van der Waals surface area contributed by atoms with Gasteiger partial charge in [-0.1, -0.05) is 182 Å². The van der Waals surface area contributed by atoms with E-state index >= 15 is 0 Å². The molecule has 0 atom stereocenters. The fraction of sp³-hybridized carbons (Fsp3) is 0. The summed E-state index contributed by atoms with van der Waals surface area (Å²) in [5, 5.41) is 4.77. The van der Waals surface area contributed by atoms with E-state index in [0.717, 1.165) is 84.2 Å². The van der Waals surface area contributed by atoms with Gasteiger partial charge in [0, 0.05) is 44.4 Å². The molecule has 314 valence electrons. The van der Waals surface area contributed by atoms with Crippen LogP contribution in [0.25, 0.3) is 94.7 Å². The smallest absolute Gasteiger partial charge is 0.164 e. The average Bonchev–Trinajstić information content (AvgIpc) is 3.76. The van der Waals surface area contributed by atoms with Gasteiger partial charge in [0.05, 0.1) is 22.4 Å². The van der Waals surface area contributed by atoms with Gasteiger partial charge in [-0.15, -0.1) is 0 Å². The number of fused-ring (bicyclic) bond motifs is 7. The number of nitrogens with zero attached hydrogens (tertiary/aromatic N) is 5. The molecule has 0 radical (unpaired) electrons. The molecule has 12 aromatic rings. The zero-order valence-corrected chi connectivity index (χ0v) is 36.2. The number of aromatic nitrogens is 4. The van der Waals surface area contributed by atoms with E-state index in [4.69, 9.17) is 19.7 Å². The Balaban J connectivity index is 1.00. The van der Waals surface area contributed by atoms with Crippen molar-refractivity contribution in [3.05, 3.63) is 237 Å². The molecule has 0 amide bonds. The summed E-state index contributed by atoms with van der Waals surface area (Å²) in [6.45, 7) is 0. The number of rotatable bonds is 7. The molecule has 1 aliphatic heterocycles. The zero-order valence-electron chi connectivity index (χ0n) is 36.2. The van der Waals surface area contributed by atoms with Crippen molar-refractivity contribution in [2.24, 2.45) is 0 Å². The summed E-state index contributed by atoms with van der Waals surface area (Å²) < 4.78 is 9.00. The number of anilines is 3. The molecule has 0 spiro atoms. The Hall–Kier alpha value is -9.13. The molecule has 0 saturated carbocycles. The average molecular weight is 858 g/mol. The largest absolute Gasteiger partial charge is 0.453 e. The van der Waals surface area contributed by atoms with E-state index in [0.29, 0.717) is 17.5 Å². The van der Waals surface area contributed by atoms with E-state index in [1.165, 1.54) is 21.5 Å². The lowest BCUT2D eigenvalue weighted by atomic mass is 9.98. The minimum atomic E-state index is 0.597. The third-order valence-corrected chi connectivity index (χ3v) is 12.8. The molecule has 0 N–H and O–H groups in total. The second kappa shape index (κ2) is 15.8. The second-order valence-corrected chi connectivity index (χ2v) is 16.8. The molecule has 13 rings (SSSR count). The first kappa shape index (κ1) is 38.3. The van der Waals surface area contributed by atoms with Crippen LogP contribution >= 0.6 is 0 Å². The lowest BCUT2D eigenvalue weighted by Crippen LogP contribution is -2.15. The van der Waals surface area contributed by atoms with Gasteiger partial charge in [0.15, 0.2) is 29.0 Å². The Morgan fingerprint density at radius 3 is 1.69 bits per heavy atom. The van der Waals surface area contributed by atoms with Gasteiger partial charge < -0.3 is 14.2 Å². The minimum Gasteiger partial charge on any atom is -0.453 e. The van der Waals surface area contributed by atoms with Gasteiger partial charge in [0.2, 0.25) is 0 Å². The summed E-state index contributed by atoms with van der Waals surface area (Å²) in [6, 6.07) is 82.8. The molecule has 0 saturated heterocycles. The van der Waals surface area contributed by atoms with Crippen LogP contribution in [0.3, 0.4) is 0 Å². The highest BCUT2D eigenvalue weighted by molar-refractivity contribution is 6.23. The third kappa shape index (κ3) is 6.62. The topological polar surface area (TPSA) is 56.1 Å². The first-order valence-corrected chi connectivity index (χ1v) is 22.5. The number of para-hydroxylation sites is 4. The van der Waals surface area contributed by atoms with Crippen molar-refractivity contribution in [2.75, 3.05) is 4.90 Å². The summed E-state index contributed by atoms with van der Waals surface area (Å²) >= 11 is 0. The summed E-state index contributed by atoms with van der Waals surface area (Å²) in [5.74, 6) is 3.45. The molecule has 2 aromatic heterocycles. The van der Waals surface area contributed by atoms with Crippen molar-refractivity contribution in [3.63, 3.8) is 0 Å². The van der Waals surface area contributed by atoms with Crippen LogP contribution in [0, 0.1) is 0 Å². The Labute approximate surface area is 387 Å². The fourth-order valence-electron chi connectivity index (χ4n) is 9.69. The van der Waals surface area contributed by atoms with Crippen LogP contribution in [-0.4, -0.2) is 19.5 Å². The summed E-state index contributed by atoms with van der Waals surface area (Å²) in [5.41, 5.74) is 13.4. The van der Waals surface area contributed by atoms with E-state index in [-0.39, 0.29) is 0 Å². The standard InChI is InChI=1S/C61H39N5O/c1-4-16-40(17-5-1)41-30-32-44(33-31-41)60-62-59(43-19-6-2-7-20-43)63-61(64-60)46-21-14-24-48(38-46)66-53-36-34-42-18-10-11-25-49(42)57(53)51-27-15-26-50(58(51)66)45-35-37-56-54(39-45)65(47-22-8-3-9-23-47)52-28-12-13-29-55(52)67-56/h1-39H. The van der Waals surface area contributed by atoms with Crippen LogP contribution in [0.1, 0.15) is 0 Å². The van der Waals surface area contributed by atoms with Crippen LogP contribution in [0.4, 0.5) is 17.1 Å². The predicted molar refractivity (Wildman–Crippen MR) is 274 cm³/mol. The molecule has 0 bridgehead atoms. The molecule has 67 heavy (non-hydrogen) atoms. The van der Waals surface area contributed by atoms with Crippen molar-refractivity contribution in [3.8, 4) is 73.6 Å². The maximum atomic E-state index is 6.59. The lowest BCUT2D eigenvalue weighted by Gasteiger charge is -2.33.